The van der Waals surface area contributed by atoms with E-state index >= 15 is 0 Å². The molecule has 0 spiro atoms. The van der Waals surface area contributed by atoms with Gasteiger partial charge >= 0.3 is 0 Å². The second kappa shape index (κ2) is 5.10. The van der Waals surface area contributed by atoms with Gasteiger partial charge in [-0.25, -0.2) is 0 Å². The van der Waals surface area contributed by atoms with Gasteiger partial charge in [-0.05, 0) is 13.3 Å². The number of aliphatic hydroxyl groups excluding tert-OH is 1. The molecule has 0 aliphatic heterocycles. The van der Waals surface area contributed by atoms with Crippen LogP contribution in [-0.2, 0) is 0 Å². The summed E-state index contributed by atoms with van der Waals surface area (Å²) in [5.41, 5.74) is 0. The lowest BCUT2D eigenvalue weighted by Gasteiger charge is -1.99. The van der Waals surface area contributed by atoms with E-state index in [9.17, 15) is 0 Å². The second-order valence-electron chi connectivity index (χ2n) is 2.00. The molecule has 0 aromatic carbocycles. The summed E-state index contributed by atoms with van der Waals surface area (Å²) in [5.74, 6) is 0. The van der Waals surface area contributed by atoms with Crippen molar-refractivity contribution < 1.29 is 5.11 Å². The van der Waals surface area contributed by atoms with Gasteiger partial charge in [0.2, 0.25) is 0 Å². The third kappa shape index (κ3) is 5.96. The molecule has 1 N–H and O–H groups in total. The zero-order valence-corrected chi connectivity index (χ0v) is 5.27. The Balaban J connectivity index is 2.72. The summed E-state index contributed by atoms with van der Waals surface area (Å²) in [6.45, 7) is 7.13. The van der Waals surface area contributed by atoms with E-state index in [4.69, 9.17) is 5.11 Å². The number of rotatable bonds is 4. The first-order valence-electron chi connectivity index (χ1n) is 3.07. The van der Waals surface area contributed by atoms with Crippen molar-refractivity contribution in [2.75, 3.05) is 0 Å². The highest BCUT2D eigenvalue weighted by Crippen LogP contribution is 2.00. The molecule has 0 aromatic rings. The van der Waals surface area contributed by atoms with Gasteiger partial charge in [0.25, 0.3) is 0 Å². The van der Waals surface area contributed by atoms with Crippen LogP contribution in [0.15, 0.2) is 0 Å². The molecule has 0 fully saturated rings. The fraction of sp³-hybridized carbons (Fsp3) is 0.714. The molecular weight excluding hydrogens is 100 g/mol. The molecule has 0 aliphatic carbocycles. The van der Waals surface area contributed by atoms with Gasteiger partial charge in [0.1, 0.15) is 0 Å². The van der Waals surface area contributed by atoms with Crippen molar-refractivity contribution in [3.63, 3.8) is 0 Å². The molecule has 0 bridgehead atoms. The maximum Gasteiger partial charge on any atom is 0.0541 e. The van der Waals surface area contributed by atoms with Crippen LogP contribution in [0.25, 0.3) is 0 Å². The molecule has 0 rings (SSSR count). The van der Waals surface area contributed by atoms with Crippen LogP contribution in [0.2, 0.25) is 0 Å². The van der Waals surface area contributed by atoms with Crippen LogP contribution in [0, 0.1) is 13.8 Å². The minimum Gasteiger partial charge on any atom is -0.393 e. The third-order valence-electron chi connectivity index (χ3n) is 1.04. The molecule has 1 nitrogen and oxygen atoms in total. The van der Waals surface area contributed by atoms with Gasteiger partial charge in [0.15, 0.2) is 0 Å². The van der Waals surface area contributed by atoms with Crippen LogP contribution < -0.4 is 0 Å². The maximum absolute atomic E-state index is 8.65. The molecular formula is C7H14O. The normalized spacial score (nSPS) is 13.9. The number of aliphatic hydroxyl groups is 1. The van der Waals surface area contributed by atoms with Crippen LogP contribution in [-0.4, -0.2) is 11.2 Å². The second-order valence-corrected chi connectivity index (χ2v) is 2.00. The number of hydrogen-bond acceptors (Lipinski definition) is 1. The largest absolute Gasteiger partial charge is 0.393 e. The number of unbranched alkanes of at least 4 members (excludes halogenated alkanes) is 2. The van der Waals surface area contributed by atoms with Crippen molar-refractivity contribution >= 4 is 0 Å². The molecule has 0 aromatic heterocycles. The molecule has 48 valence electrons. The topological polar surface area (TPSA) is 20.2 Å². The highest BCUT2D eigenvalue weighted by molar-refractivity contribution is 4.56. The fourth-order valence-electron chi connectivity index (χ4n) is 0.557. The highest BCUT2D eigenvalue weighted by atomic mass is 16.3. The van der Waals surface area contributed by atoms with Gasteiger partial charge in [-0.2, -0.15) is 0 Å². The van der Waals surface area contributed by atoms with Crippen LogP contribution in [0.3, 0.4) is 0 Å². The summed E-state index contributed by atoms with van der Waals surface area (Å²) in [6, 6.07) is 0. The summed E-state index contributed by atoms with van der Waals surface area (Å²) in [5, 5.41) is 8.65. The minimum atomic E-state index is -0.374. The van der Waals surface area contributed by atoms with E-state index in [0.717, 1.165) is 25.7 Å². The summed E-state index contributed by atoms with van der Waals surface area (Å²) < 4.78 is 0. The fourth-order valence-corrected chi connectivity index (χ4v) is 0.557. The quantitative estimate of drug-likeness (QED) is 0.550. The van der Waals surface area contributed by atoms with E-state index in [1.165, 1.54) is 0 Å². The molecule has 8 heavy (non-hydrogen) atoms. The molecule has 1 heteroatoms. The summed E-state index contributed by atoms with van der Waals surface area (Å²) in [7, 11) is 0. The van der Waals surface area contributed by atoms with E-state index < -0.39 is 0 Å². The first kappa shape index (κ1) is 7.96. The summed E-state index contributed by atoms with van der Waals surface area (Å²) >= 11 is 0. The van der Waals surface area contributed by atoms with Gasteiger partial charge in [-0.15, -0.1) is 0 Å². The SMILES string of the molecule is [CH2]CCCCC([CH2])O. The lowest BCUT2D eigenvalue weighted by Crippen LogP contribution is -1.98. The molecule has 1 unspecified atom stereocenters. The van der Waals surface area contributed by atoms with Crippen LogP contribution in [0.4, 0.5) is 0 Å². The Morgan fingerprint density at radius 1 is 1.38 bits per heavy atom. The Kier molecular flexibility index (Phi) is 5.08. The van der Waals surface area contributed by atoms with Crippen molar-refractivity contribution in [3.8, 4) is 0 Å². The molecule has 0 heterocycles. The standard InChI is InChI=1S/C7H14O/c1-3-4-5-6-7(2)8/h7-8H,1-6H2. The van der Waals surface area contributed by atoms with Crippen molar-refractivity contribution in [1.82, 2.24) is 0 Å². The van der Waals surface area contributed by atoms with Gasteiger partial charge < -0.3 is 5.11 Å². The molecule has 0 saturated carbocycles. The Hall–Kier alpha value is -0.0400. The summed E-state index contributed by atoms with van der Waals surface area (Å²) in [6.07, 6.45) is 3.56. The highest BCUT2D eigenvalue weighted by Gasteiger charge is 1.92. The molecule has 1 atom stereocenters. The van der Waals surface area contributed by atoms with Gasteiger partial charge in [-0.1, -0.05) is 26.2 Å². The Bertz CT molecular complexity index is 41.7. The predicted molar refractivity (Wildman–Crippen MR) is 35.2 cm³/mol. The van der Waals surface area contributed by atoms with Crippen molar-refractivity contribution in [3.05, 3.63) is 13.8 Å². The van der Waals surface area contributed by atoms with Crippen LogP contribution in [0.1, 0.15) is 25.7 Å². The first-order valence-corrected chi connectivity index (χ1v) is 3.07. The van der Waals surface area contributed by atoms with Crippen LogP contribution in [0.5, 0.6) is 0 Å². The average Bonchev–Trinajstić information content (AvgIpc) is 1.66. The van der Waals surface area contributed by atoms with Gasteiger partial charge in [0.05, 0.1) is 6.10 Å². The Morgan fingerprint density at radius 3 is 2.38 bits per heavy atom. The van der Waals surface area contributed by atoms with E-state index in [1.54, 1.807) is 0 Å². The lowest BCUT2D eigenvalue weighted by molar-refractivity contribution is 0.206. The van der Waals surface area contributed by atoms with E-state index in [1.807, 2.05) is 0 Å². The number of hydrogen-bond donors (Lipinski definition) is 1. The van der Waals surface area contributed by atoms with E-state index in [2.05, 4.69) is 13.8 Å². The zero-order chi connectivity index (χ0) is 6.41. The lowest BCUT2D eigenvalue weighted by atomic mass is 10.1. The minimum absolute atomic E-state index is 0.374. The third-order valence-corrected chi connectivity index (χ3v) is 1.04. The van der Waals surface area contributed by atoms with Crippen LogP contribution >= 0.6 is 0 Å². The Labute approximate surface area is 51.7 Å². The molecule has 0 amide bonds. The van der Waals surface area contributed by atoms with Crippen molar-refractivity contribution in [1.29, 1.82) is 0 Å². The average molecular weight is 114 g/mol. The Morgan fingerprint density at radius 2 is 2.00 bits per heavy atom. The predicted octanol–water partition coefficient (Wildman–Crippen LogP) is 1.58. The summed E-state index contributed by atoms with van der Waals surface area (Å²) in [4.78, 5) is 0. The smallest absolute Gasteiger partial charge is 0.0541 e. The van der Waals surface area contributed by atoms with E-state index in [0.29, 0.717) is 0 Å². The van der Waals surface area contributed by atoms with Crippen molar-refractivity contribution in [2.24, 2.45) is 0 Å². The molecule has 0 saturated heterocycles. The first-order chi connectivity index (χ1) is 3.77. The molecule has 2 radical (unpaired) electrons. The van der Waals surface area contributed by atoms with Gasteiger partial charge in [0, 0.05) is 0 Å². The monoisotopic (exact) mass is 114 g/mol. The molecule has 0 aliphatic rings. The maximum atomic E-state index is 8.65. The zero-order valence-electron chi connectivity index (χ0n) is 5.27. The van der Waals surface area contributed by atoms with Crippen molar-refractivity contribution in [2.45, 2.75) is 31.8 Å². The van der Waals surface area contributed by atoms with E-state index in [-0.39, 0.29) is 6.10 Å². The van der Waals surface area contributed by atoms with Gasteiger partial charge in [-0.3, -0.25) is 0 Å².